The van der Waals surface area contributed by atoms with Gasteiger partial charge >= 0.3 is 6.18 Å². The summed E-state index contributed by atoms with van der Waals surface area (Å²) in [6.45, 7) is -0.933. The Labute approximate surface area is 201 Å². The second-order valence-corrected chi connectivity index (χ2v) is 6.94. The number of hydrogen-bond donors (Lipinski definition) is 2. The van der Waals surface area contributed by atoms with E-state index in [1.165, 1.54) is 13.2 Å². The van der Waals surface area contributed by atoms with Gasteiger partial charge in [0.1, 0.15) is 23.7 Å². The van der Waals surface area contributed by atoms with Gasteiger partial charge in [0.05, 0.1) is 12.8 Å². The molecule has 1 aromatic carbocycles. The lowest BCUT2D eigenvalue weighted by Crippen LogP contribution is -2.34. The second-order valence-electron chi connectivity index (χ2n) is 6.94. The van der Waals surface area contributed by atoms with Gasteiger partial charge in [-0.05, 0) is 25.1 Å². The first-order chi connectivity index (χ1) is 16.9. The van der Waals surface area contributed by atoms with E-state index in [1.54, 1.807) is 6.92 Å². The molecule has 10 nitrogen and oxygen atoms in total. The third-order valence-electron chi connectivity index (χ3n) is 4.47. The monoisotopic (exact) mass is 519 g/mol. The fraction of sp³-hybridized carbons (Fsp3) is 0.333. The summed E-state index contributed by atoms with van der Waals surface area (Å²) in [6.07, 6.45) is -4.47. The molecule has 2 aromatic rings. The topological polar surface area (TPSA) is 117 Å². The molecule has 0 aliphatic rings. The fourth-order valence-corrected chi connectivity index (χ4v) is 2.75. The van der Waals surface area contributed by atoms with Gasteiger partial charge in [0.2, 0.25) is 12.3 Å². The molecule has 196 valence electrons. The molecule has 0 fully saturated rings. The molecule has 2 amide bonds. The molecular formula is C21H22F5N5O5. The number of hydrogen-bond acceptors (Lipinski definition) is 8. The zero-order chi connectivity index (χ0) is 27.0. The lowest BCUT2D eigenvalue weighted by Gasteiger charge is -2.21. The van der Waals surface area contributed by atoms with E-state index < -0.39 is 59.9 Å². The summed E-state index contributed by atoms with van der Waals surface area (Å²) in [4.78, 5) is 28.5. The molecule has 0 aliphatic carbocycles. The number of carbonyl (C=O) groups is 2. The van der Waals surface area contributed by atoms with Crippen LogP contribution in [0.2, 0.25) is 0 Å². The van der Waals surface area contributed by atoms with Crippen molar-refractivity contribution in [3.63, 3.8) is 0 Å². The van der Waals surface area contributed by atoms with Crippen LogP contribution in [0.3, 0.4) is 0 Å². The van der Waals surface area contributed by atoms with Crippen LogP contribution in [-0.4, -0.2) is 73.2 Å². The van der Waals surface area contributed by atoms with Crippen LogP contribution in [0, 0.1) is 11.6 Å². The Morgan fingerprint density at radius 2 is 1.94 bits per heavy atom. The summed E-state index contributed by atoms with van der Waals surface area (Å²) in [5.74, 6) is -5.02. The number of nitrogens with one attached hydrogen (secondary N) is 1. The average Bonchev–Trinajstić information content (AvgIpc) is 2.83. The number of methoxy groups -OCH3 is 1. The predicted octanol–water partition coefficient (Wildman–Crippen LogP) is 2.78. The van der Waals surface area contributed by atoms with Crippen molar-refractivity contribution in [3.8, 4) is 11.6 Å². The molecule has 0 radical (unpaired) electrons. The molecule has 0 saturated heterocycles. The highest BCUT2D eigenvalue weighted by Gasteiger charge is 2.31. The summed E-state index contributed by atoms with van der Waals surface area (Å²) in [5, 5.41) is 16.1. The number of aliphatic hydroxyl groups is 1. The van der Waals surface area contributed by atoms with Gasteiger partial charge in [0, 0.05) is 19.7 Å². The number of rotatable bonds is 10. The molecular weight excluding hydrogens is 497 g/mol. The number of carbonyl (C=O) groups excluding carboxylic acids is 2. The largest absolute Gasteiger partial charge is 0.497 e. The lowest BCUT2D eigenvalue weighted by molar-refractivity contribution is -0.154. The van der Waals surface area contributed by atoms with Crippen molar-refractivity contribution in [2.75, 3.05) is 44.2 Å². The number of amides is 2. The number of benzene rings is 1. The number of anilines is 2. The van der Waals surface area contributed by atoms with Crippen LogP contribution < -0.4 is 19.8 Å². The molecule has 0 spiro atoms. The molecule has 0 aliphatic heterocycles. The molecule has 2 rings (SSSR count). The van der Waals surface area contributed by atoms with Crippen molar-refractivity contribution in [3.05, 3.63) is 41.5 Å². The molecule has 1 aromatic heterocycles. The SMILES string of the molecule is CCN(C=O)/C(CO)=N\N(C)c1nc(OCC(F)(F)F)c(C(=O)Nc2cc(OC)ccc2F)cc1F. The Bertz CT molecular complexity index is 1130. The fourth-order valence-electron chi connectivity index (χ4n) is 2.75. The van der Waals surface area contributed by atoms with E-state index in [0.717, 1.165) is 29.1 Å². The van der Waals surface area contributed by atoms with Crippen molar-refractivity contribution in [1.29, 1.82) is 0 Å². The van der Waals surface area contributed by atoms with Crippen molar-refractivity contribution < 1.29 is 46.1 Å². The van der Waals surface area contributed by atoms with E-state index in [9.17, 15) is 36.6 Å². The zero-order valence-corrected chi connectivity index (χ0v) is 19.3. The minimum Gasteiger partial charge on any atom is -0.497 e. The molecule has 15 heteroatoms. The molecule has 0 bridgehead atoms. The van der Waals surface area contributed by atoms with Gasteiger partial charge in [-0.3, -0.25) is 14.5 Å². The number of hydrazone groups is 1. The van der Waals surface area contributed by atoms with Crippen LogP contribution >= 0.6 is 0 Å². The quantitative estimate of drug-likeness (QED) is 0.163. The first kappa shape index (κ1) is 28.2. The zero-order valence-electron chi connectivity index (χ0n) is 19.3. The van der Waals surface area contributed by atoms with E-state index in [2.05, 4.69) is 20.1 Å². The minimum absolute atomic E-state index is 0.104. The van der Waals surface area contributed by atoms with Crippen LogP contribution in [0.1, 0.15) is 17.3 Å². The summed E-state index contributed by atoms with van der Waals surface area (Å²) >= 11 is 0. The number of alkyl halides is 3. The van der Waals surface area contributed by atoms with Crippen molar-refractivity contribution >= 4 is 29.7 Å². The molecule has 0 atom stereocenters. The smallest absolute Gasteiger partial charge is 0.422 e. The lowest BCUT2D eigenvalue weighted by atomic mass is 10.2. The first-order valence-electron chi connectivity index (χ1n) is 10.1. The van der Waals surface area contributed by atoms with Gasteiger partial charge in [0.15, 0.2) is 24.1 Å². The van der Waals surface area contributed by atoms with Gasteiger partial charge in [-0.15, -0.1) is 0 Å². The van der Waals surface area contributed by atoms with E-state index in [4.69, 9.17) is 4.74 Å². The third kappa shape index (κ3) is 7.24. The number of halogens is 5. The highest BCUT2D eigenvalue weighted by Crippen LogP contribution is 2.28. The number of amidine groups is 1. The summed E-state index contributed by atoms with van der Waals surface area (Å²) in [6, 6.07) is 3.87. The summed E-state index contributed by atoms with van der Waals surface area (Å²) in [5.41, 5.74) is -1.17. The number of likely N-dealkylation sites (N-methyl/N-ethyl adjacent to an activating group) is 1. The Hall–Kier alpha value is -4.01. The maximum atomic E-state index is 14.9. The van der Waals surface area contributed by atoms with Crippen LogP contribution in [-0.2, 0) is 4.79 Å². The first-order valence-corrected chi connectivity index (χ1v) is 10.1. The van der Waals surface area contributed by atoms with Crippen LogP contribution in [0.25, 0.3) is 0 Å². The van der Waals surface area contributed by atoms with Crippen molar-refractivity contribution in [2.45, 2.75) is 13.1 Å². The normalized spacial score (nSPS) is 11.6. The maximum absolute atomic E-state index is 14.9. The van der Waals surface area contributed by atoms with Gasteiger partial charge in [-0.25, -0.2) is 13.8 Å². The number of nitrogens with zero attached hydrogens (tertiary/aromatic N) is 4. The Kier molecular flexibility index (Phi) is 9.49. The highest BCUT2D eigenvalue weighted by atomic mass is 19.4. The van der Waals surface area contributed by atoms with Crippen molar-refractivity contribution in [1.82, 2.24) is 9.88 Å². The van der Waals surface area contributed by atoms with Crippen LogP contribution in [0.15, 0.2) is 29.4 Å². The Morgan fingerprint density at radius 1 is 1.25 bits per heavy atom. The summed E-state index contributed by atoms with van der Waals surface area (Å²) in [7, 11) is 2.43. The molecule has 36 heavy (non-hydrogen) atoms. The highest BCUT2D eigenvalue weighted by molar-refractivity contribution is 6.06. The van der Waals surface area contributed by atoms with Gasteiger partial charge in [-0.2, -0.15) is 23.3 Å². The Morgan fingerprint density at radius 3 is 2.50 bits per heavy atom. The van der Waals surface area contributed by atoms with E-state index in [-0.39, 0.29) is 18.1 Å². The third-order valence-corrected chi connectivity index (χ3v) is 4.47. The van der Waals surface area contributed by atoms with E-state index >= 15 is 0 Å². The molecule has 0 unspecified atom stereocenters. The van der Waals surface area contributed by atoms with Crippen molar-refractivity contribution in [2.24, 2.45) is 5.10 Å². The summed E-state index contributed by atoms with van der Waals surface area (Å²) < 4.78 is 76.9. The molecule has 0 saturated carbocycles. The van der Waals surface area contributed by atoms with Gasteiger partial charge in [0.25, 0.3) is 5.91 Å². The predicted molar refractivity (Wildman–Crippen MR) is 118 cm³/mol. The Balaban J connectivity index is 2.51. The molecule has 1 heterocycles. The van der Waals surface area contributed by atoms with E-state index in [0.29, 0.717) is 12.5 Å². The minimum atomic E-state index is -4.83. The number of aliphatic hydroxyl groups excluding tert-OH is 1. The van der Waals surface area contributed by atoms with Gasteiger partial charge in [-0.1, -0.05) is 0 Å². The average molecular weight is 519 g/mol. The number of ether oxygens (including phenoxy) is 2. The second kappa shape index (κ2) is 12.1. The maximum Gasteiger partial charge on any atom is 0.422 e. The number of pyridine rings is 1. The number of aromatic nitrogens is 1. The van der Waals surface area contributed by atoms with E-state index in [1.807, 2.05) is 0 Å². The standard InChI is InChI=1S/C21H22F5N5O5/c1-4-31(11-33)17(9-32)29-30(2)18-15(23)8-13(20(28-18)36-10-21(24,25)26)19(34)27-16-7-12(35-3)5-6-14(16)22/h5-8,11,32H,4,9-10H2,1-3H3,(H,27,34)/b29-17-. The molecule has 2 N–H and O–H groups in total. The van der Waals surface area contributed by atoms with Gasteiger partial charge < -0.3 is 19.9 Å². The van der Waals surface area contributed by atoms with Crippen LogP contribution in [0.4, 0.5) is 33.5 Å². The van der Waals surface area contributed by atoms with Crippen LogP contribution in [0.5, 0.6) is 11.6 Å².